The zero-order chi connectivity index (χ0) is 13.9. The van der Waals surface area contributed by atoms with Crippen molar-refractivity contribution in [2.45, 2.75) is 19.1 Å². The van der Waals surface area contributed by atoms with Crippen molar-refractivity contribution in [3.05, 3.63) is 33.8 Å². The standard InChI is InChI=1S/C11H11BrF2O4/c1-2-18-11(17)10(16)9(15)8-6(13)3-5(12)4-7(8)14/h3-4,9-10,15-16H,2H2,1H3. The second-order valence-corrected chi connectivity index (χ2v) is 4.34. The molecular formula is C11H11BrF2O4. The van der Waals surface area contributed by atoms with Crippen LogP contribution < -0.4 is 0 Å². The molecule has 0 amide bonds. The Kier molecular flexibility index (Phi) is 5.18. The quantitative estimate of drug-likeness (QED) is 0.827. The van der Waals surface area contributed by atoms with Gasteiger partial charge >= 0.3 is 5.97 Å². The van der Waals surface area contributed by atoms with Gasteiger partial charge in [0.05, 0.1) is 12.2 Å². The first-order valence-electron chi connectivity index (χ1n) is 5.05. The van der Waals surface area contributed by atoms with Crippen molar-refractivity contribution in [2.24, 2.45) is 0 Å². The Balaban J connectivity index is 3.03. The normalized spacial score (nSPS) is 14.1. The van der Waals surface area contributed by atoms with Crippen LogP contribution in [0, 0.1) is 11.6 Å². The van der Waals surface area contributed by atoms with E-state index in [0.29, 0.717) is 0 Å². The molecule has 0 saturated heterocycles. The summed E-state index contributed by atoms with van der Waals surface area (Å²) in [5.41, 5.74) is -0.779. The zero-order valence-corrected chi connectivity index (χ0v) is 10.9. The van der Waals surface area contributed by atoms with Crippen LogP contribution in [-0.4, -0.2) is 28.9 Å². The second-order valence-electron chi connectivity index (χ2n) is 3.42. The van der Waals surface area contributed by atoms with E-state index in [0.717, 1.165) is 12.1 Å². The molecule has 0 bridgehead atoms. The Hall–Kier alpha value is -1.05. The van der Waals surface area contributed by atoms with Gasteiger partial charge in [-0.2, -0.15) is 0 Å². The predicted octanol–water partition coefficient (Wildman–Crippen LogP) is 1.68. The molecule has 0 aliphatic heterocycles. The molecule has 0 heterocycles. The van der Waals surface area contributed by atoms with Gasteiger partial charge in [0.1, 0.15) is 17.7 Å². The lowest BCUT2D eigenvalue weighted by Gasteiger charge is -2.18. The van der Waals surface area contributed by atoms with Gasteiger partial charge < -0.3 is 14.9 Å². The van der Waals surface area contributed by atoms with Gasteiger partial charge in [0, 0.05) is 4.47 Å². The Labute approximate surface area is 110 Å². The molecule has 0 radical (unpaired) electrons. The van der Waals surface area contributed by atoms with Crippen molar-refractivity contribution in [3.8, 4) is 0 Å². The summed E-state index contributed by atoms with van der Waals surface area (Å²) < 4.78 is 31.5. The topological polar surface area (TPSA) is 66.8 Å². The van der Waals surface area contributed by atoms with E-state index in [2.05, 4.69) is 20.7 Å². The summed E-state index contributed by atoms with van der Waals surface area (Å²) in [6.07, 6.45) is -4.08. The molecule has 100 valence electrons. The number of halogens is 3. The fourth-order valence-electron chi connectivity index (χ4n) is 1.35. The first-order chi connectivity index (χ1) is 8.38. The summed E-state index contributed by atoms with van der Waals surface area (Å²) in [6, 6.07) is 1.83. The van der Waals surface area contributed by atoms with Crippen LogP contribution in [0.1, 0.15) is 18.6 Å². The Morgan fingerprint density at radius 1 is 1.39 bits per heavy atom. The number of aliphatic hydroxyl groups excluding tert-OH is 2. The van der Waals surface area contributed by atoms with Crippen molar-refractivity contribution in [1.82, 2.24) is 0 Å². The van der Waals surface area contributed by atoms with Crippen LogP contribution in [-0.2, 0) is 9.53 Å². The highest BCUT2D eigenvalue weighted by Crippen LogP contribution is 2.27. The first-order valence-corrected chi connectivity index (χ1v) is 5.85. The lowest BCUT2D eigenvalue weighted by Crippen LogP contribution is -2.31. The number of rotatable bonds is 4. The number of carbonyl (C=O) groups is 1. The van der Waals surface area contributed by atoms with E-state index in [4.69, 9.17) is 0 Å². The van der Waals surface area contributed by atoms with Crippen LogP contribution in [0.25, 0.3) is 0 Å². The molecule has 0 spiro atoms. The third-order valence-corrected chi connectivity index (χ3v) is 2.62. The van der Waals surface area contributed by atoms with E-state index in [1.807, 2.05) is 0 Å². The summed E-state index contributed by atoms with van der Waals surface area (Å²) >= 11 is 2.87. The molecular weight excluding hydrogens is 314 g/mol. The Bertz CT molecular complexity index is 430. The van der Waals surface area contributed by atoms with Gasteiger partial charge in [-0.25, -0.2) is 13.6 Å². The van der Waals surface area contributed by atoms with Gasteiger partial charge in [0.25, 0.3) is 0 Å². The largest absolute Gasteiger partial charge is 0.464 e. The maximum atomic E-state index is 13.5. The van der Waals surface area contributed by atoms with Gasteiger partial charge in [-0.1, -0.05) is 15.9 Å². The number of hydrogen-bond donors (Lipinski definition) is 2. The molecule has 2 unspecified atom stereocenters. The van der Waals surface area contributed by atoms with Crippen LogP contribution in [0.3, 0.4) is 0 Å². The van der Waals surface area contributed by atoms with Crippen molar-refractivity contribution in [2.75, 3.05) is 6.61 Å². The van der Waals surface area contributed by atoms with E-state index in [-0.39, 0.29) is 11.1 Å². The third-order valence-electron chi connectivity index (χ3n) is 2.17. The Morgan fingerprint density at radius 3 is 2.33 bits per heavy atom. The van der Waals surface area contributed by atoms with Gasteiger partial charge in [-0.15, -0.1) is 0 Å². The zero-order valence-electron chi connectivity index (χ0n) is 9.36. The minimum atomic E-state index is -2.05. The number of benzene rings is 1. The fourth-order valence-corrected chi connectivity index (χ4v) is 1.75. The van der Waals surface area contributed by atoms with Crippen LogP contribution >= 0.6 is 15.9 Å². The molecule has 1 aromatic carbocycles. The van der Waals surface area contributed by atoms with Crippen LogP contribution in [0.5, 0.6) is 0 Å². The molecule has 1 rings (SSSR count). The van der Waals surface area contributed by atoms with Crippen molar-refractivity contribution < 1.29 is 28.5 Å². The van der Waals surface area contributed by atoms with Crippen molar-refractivity contribution in [3.63, 3.8) is 0 Å². The minimum Gasteiger partial charge on any atom is -0.464 e. The molecule has 4 nitrogen and oxygen atoms in total. The average molecular weight is 325 g/mol. The second kappa shape index (κ2) is 6.21. The first kappa shape index (κ1) is 15.0. The number of hydrogen-bond acceptors (Lipinski definition) is 4. The van der Waals surface area contributed by atoms with Crippen LogP contribution in [0.15, 0.2) is 16.6 Å². The molecule has 0 aliphatic rings. The van der Waals surface area contributed by atoms with E-state index < -0.39 is 35.4 Å². The summed E-state index contributed by atoms with van der Waals surface area (Å²) in [5, 5.41) is 19.0. The predicted molar refractivity (Wildman–Crippen MR) is 61.7 cm³/mol. The van der Waals surface area contributed by atoms with Crippen LogP contribution in [0.2, 0.25) is 0 Å². The molecule has 0 aliphatic carbocycles. The fraction of sp³-hybridized carbons (Fsp3) is 0.364. The van der Waals surface area contributed by atoms with E-state index in [9.17, 15) is 23.8 Å². The maximum Gasteiger partial charge on any atom is 0.338 e. The lowest BCUT2D eigenvalue weighted by molar-refractivity contribution is -0.159. The lowest BCUT2D eigenvalue weighted by atomic mass is 10.0. The molecule has 7 heteroatoms. The third kappa shape index (κ3) is 3.24. The van der Waals surface area contributed by atoms with E-state index in [1.54, 1.807) is 0 Å². The SMILES string of the molecule is CCOC(=O)C(O)C(O)c1c(F)cc(Br)cc1F. The van der Waals surface area contributed by atoms with E-state index >= 15 is 0 Å². The molecule has 0 fully saturated rings. The van der Waals surface area contributed by atoms with Gasteiger partial charge in [-0.05, 0) is 19.1 Å². The molecule has 18 heavy (non-hydrogen) atoms. The molecule has 0 aromatic heterocycles. The van der Waals surface area contributed by atoms with E-state index in [1.165, 1.54) is 6.92 Å². The monoisotopic (exact) mass is 324 g/mol. The molecule has 0 saturated carbocycles. The minimum absolute atomic E-state index is 0.0199. The number of carbonyl (C=O) groups excluding carboxylic acids is 1. The number of aliphatic hydroxyl groups is 2. The Morgan fingerprint density at radius 2 is 1.89 bits per heavy atom. The summed E-state index contributed by atoms with van der Waals surface area (Å²) in [4.78, 5) is 11.2. The molecule has 1 aromatic rings. The molecule has 2 atom stereocenters. The van der Waals surface area contributed by atoms with Crippen molar-refractivity contribution >= 4 is 21.9 Å². The summed E-state index contributed by atoms with van der Waals surface area (Å²) in [5.74, 6) is -3.29. The smallest absolute Gasteiger partial charge is 0.338 e. The summed E-state index contributed by atoms with van der Waals surface area (Å²) in [6.45, 7) is 1.48. The maximum absolute atomic E-state index is 13.5. The van der Waals surface area contributed by atoms with Crippen molar-refractivity contribution in [1.29, 1.82) is 0 Å². The van der Waals surface area contributed by atoms with Crippen LogP contribution in [0.4, 0.5) is 8.78 Å². The number of esters is 1. The highest BCUT2D eigenvalue weighted by molar-refractivity contribution is 9.10. The molecule has 2 N–H and O–H groups in total. The highest BCUT2D eigenvalue weighted by atomic mass is 79.9. The summed E-state index contributed by atoms with van der Waals surface area (Å²) in [7, 11) is 0. The van der Waals surface area contributed by atoms with Gasteiger partial charge in [0.2, 0.25) is 0 Å². The van der Waals surface area contributed by atoms with Gasteiger partial charge in [0.15, 0.2) is 6.10 Å². The number of ether oxygens (including phenoxy) is 1. The van der Waals surface area contributed by atoms with Gasteiger partial charge in [-0.3, -0.25) is 0 Å². The highest BCUT2D eigenvalue weighted by Gasteiger charge is 2.31. The average Bonchev–Trinajstić information content (AvgIpc) is 2.26.